The maximum atomic E-state index is 14.2. The number of aryl methyl sites for hydroxylation is 1. The highest BCUT2D eigenvalue weighted by Gasteiger charge is 2.19. The SMILES string of the molecule is CNc1cc(F)cc2c1[nH]c1nc(Oc3cnc(C)nc3)nc(-c3cn[nH]c3)c12. The molecule has 3 N–H and O–H groups in total. The van der Waals surface area contributed by atoms with Crippen LogP contribution in [-0.4, -0.2) is 42.2 Å². The third-order valence-corrected chi connectivity index (χ3v) is 4.51. The maximum absolute atomic E-state index is 14.2. The minimum absolute atomic E-state index is 0.110. The Bertz CT molecular complexity index is 1330. The second kappa shape index (κ2) is 6.51. The fraction of sp³-hybridized carbons (Fsp3) is 0.105. The Morgan fingerprint density at radius 2 is 1.93 bits per heavy atom. The van der Waals surface area contributed by atoms with Crippen LogP contribution in [0.25, 0.3) is 33.2 Å². The molecular weight excluding hydrogens is 375 g/mol. The average molecular weight is 390 g/mol. The van der Waals surface area contributed by atoms with Gasteiger partial charge in [0.1, 0.15) is 17.3 Å². The van der Waals surface area contributed by atoms with Crippen molar-refractivity contribution >= 4 is 27.6 Å². The van der Waals surface area contributed by atoms with E-state index in [4.69, 9.17) is 4.74 Å². The molecule has 0 radical (unpaired) electrons. The molecule has 5 rings (SSSR count). The number of H-pyrrole nitrogens is 2. The second-order valence-electron chi connectivity index (χ2n) is 6.38. The molecule has 0 saturated carbocycles. The van der Waals surface area contributed by atoms with E-state index >= 15 is 0 Å². The van der Waals surface area contributed by atoms with Crippen LogP contribution in [0.4, 0.5) is 10.1 Å². The quantitative estimate of drug-likeness (QED) is 0.429. The molecule has 0 spiro atoms. The Hall–Kier alpha value is -4.08. The number of hydrogen-bond donors (Lipinski definition) is 3. The molecule has 0 aliphatic carbocycles. The number of benzene rings is 1. The number of anilines is 1. The lowest BCUT2D eigenvalue weighted by Crippen LogP contribution is -1.96. The molecule has 0 atom stereocenters. The number of fused-ring (bicyclic) bond motifs is 3. The molecule has 4 heterocycles. The number of rotatable bonds is 4. The molecule has 0 amide bonds. The molecule has 5 aromatic rings. The van der Waals surface area contributed by atoms with Gasteiger partial charge in [0.05, 0.1) is 40.9 Å². The fourth-order valence-electron chi connectivity index (χ4n) is 3.21. The largest absolute Gasteiger partial charge is 0.421 e. The Labute approximate surface area is 163 Å². The summed E-state index contributed by atoms with van der Waals surface area (Å²) in [6, 6.07) is 2.99. The Morgan fingerprint density at radius 1 is 1.10 bits per heavy atom. The number of ether oxygens (including phenoxy) is 1. The van der Waals surface area contributed by atoms with Crippen molar-refractivity contribution in [2.45, 2.75) is 6.92 Å². The van der Waals surface area contributed by atoms with Crippen LogP contribution in [0, 0.1) is 12.7 Å². The summed E-state index contributed by atoms with van der Waals surface area (Å²) in [5.41, 5.74) is 3.13. The summed E-state index contributed by atoms with van der Waals surface area (Å²) in [5, 5.41) is 11.1. The molecule has 9 nitrogen and oxygen atoms in total. The third kappa shape index (κ3) is 2.90. The van der Waals surface area contributed by atoms with E-state index in [0.29, 0.717) is 39.4 Å². The van der Waals surface area contributed by atoms with Crippen molar-refractivity contribution in [1.29, 1.82) is 0 Å². The maximum Gasteiger partial charge on any atom is 0.324 e. The Kier molecular flexibility index (Phi) is 3.83. The summed E-state index contributed by atoms with van der Waals surface area (Å²) < 4.78 is 20.0. The molecular formula is C19H15FN8O. The molecule has 1 aromatic carbocycles. The zero-order valence-corrected chi connectivity index (χ0v) is 15.5. The molecule has 0 fully saturated rings. The van der Waals surface area contributed by atoms with Crippen LogP contribution < -0.4 is 10.1 Å². The molecule has 144 valence electrons. The van der Waals surface area contributed by atoms with Crippen LogP contribution in [-0.2, 0) is 0 Å². The lowest BCUT2D eigenvalue weighted by molar-refractivity contribution is 0.440. The lowest BCUT2D eigenvalue weighted by atomic mass is 10.1. The van der Waals surface area contributed by atoms with Gasteiger partial charge in [0.25, 0.3) is 0 Å². The van der Waals surface area contributed by atoms with Crippen molar-refractivity contribution in [2.24, 2.45) is 0 Å². The second-order valence-corrected chi connectivity index (χ2v) is 6.38. The van der Waals surface area contributed by atoms with Crippen LogP contribution in [0.5, 0.6) is 11.8 Å². The van der Waals surface area contributed by atoms with Crippen LogP contribution in [0.2, 0.25) is 0 Å². The summed E-state index contributed by atoms with van der Waals surface area (Å²) in [7, 11) is 1.73. The van der Waals surface area contributed by atoms with Gasteiger partial charge in [-0.25, -0.2) is 14.4 Å². The molecule has 0 bridgehead atoms. The van der Waals surface area contributed by atoms with Gasteiger partial charge < -0.3 is 15.0 Å². The van der Waals surface area contributed by atoms with Crippen LogP contribution in [0.3, 0.4) is 0 Å². The van der Waals surface area contributed by atoms with Crippen molar-refractivity contribution in [3.63, 3.8) is 0 Å². The van der Waals surface area contributed by atoms with Gasteiger partial charge in [-0.1, -0.05) is 0 Å². The highest BCUT2D eigenvalue weighted by atomic mass is 19.1. The Morgan fingerprint density at radius 3 is 2.66 bits per heavy atom. The first-order valence-corrected chi connectivity index (χ1v) is 8.79. The summed E-state index contributed by atoms with van der Waals surface area (Å²) in [5.74, 6) is 0.675. The normalized spacial score (nSPS) is 11.3. The molecule has 0 aliphatic heterocycles. The summed E-state index contributed by atoms with van der Waals surface area (Å²) in [6.45, 7) is 1.78. The van der Waals surface area contributed by atoms with Crippen LogP contribution in [0.1, 0.15) is 5.82 Å². The van der Waals surface area contributed by atoms with E-state index in [-0.39, 0.29) is 11.8 Å². The van der Waals surface area contributed by atoms with E-state index in [2.05, 4.69) is 40.4 Å². The lowest BCUT2D eigenvalue weighted by Gasteiger charge is -2.06. The van der Waals surface area contributed by atoms with Crippen molar-refractivity contribution < 1.29 is 9.13 Å². The van der Waals surface area contributed by atoms with Crippen molar-refractivity contribution in [3.05, 3.63) is 48.6 Å². The minimum Gasteiger partial charge on any atom is -0.421 e. The molecule has 0 saturated heterocycles. The topological polar surface area (TPSA) is 117 Å². The van der Waals surface area contributed by atoms with Gasteiger partial charge in [-0.15, -0.1) is 0 Å². The van der Waals surface area contributed by atoms with Gasteiger partial charge in [0, 0.05) is 24.2 Å². The van der Waals surface area contributed by atoms with Crippen LogP contribution >= 0.6 is 0 Å². The van der Waals surface area contributed by atoms with Gasteiger partial charge >= 0.3 is 6.01 Å². The number of aromatic nitrogens is 7. The zero-order valence-electron chi connectivity index (χ0n) is 15.5. The van der Waals surface area contributed by atoms with E-state index in [9.17, 15) is 4.39 Å². The van der Waals surface area contributed by atoms with E-state index in [1.807, 2.05) is 0 Å². The molecule has 4 aromatic heterocycles. The molecule has 0 aliphatic rings. The van der Waals surface area contributed by atoms with E-state index < -0.39 is 0 Å². The standard InChI is InChI=1S/C19H15FN8O/c1-9-22-7-12(8-23-9)29-19-27-16(10-5-24-25-6-10)15-13-3-11(20)4-14(21-2)17(13)26-18(15)28-19/h3-8,21H,1-2H3,(H,24,25)(H,26,27,28). The Balaban J connectivity index is 1.77. The van der Waals surface area contributed by atoms with Crippen molar-refractivity contribution in [3.8, 4) is 23.0 Å². The predicted molar refractivity (Wildman–Crippen MR) is 105 cm³/mol. The fourth-order valence-corrected chi connectivity index (χ4v) is 3.21. The van der Waals surface area contributed by atoms with Gasteiger partial charge in [-0.3, -0.25) is 5.10 Å². The summed E-state index contributed by atoms with van der Waals surface area (Å²) in [4.78, 5) is 20.5. The number of hydrogen-bond acceptors (Lipinski definition) is 7. The van der Waals surface area contributed by atoms with E-state index in [1.165, 1.54) is 12.1 Å². The van der Waals surface area contributed by atoms with Gasteiger partial charge in [0.15, 0.2) is 5.75 Å². The highest BCUT2D eigenvalue weighted by molar-refractivity contribution is 6.15. The predicted octanol–water partition coefficient (Wildman–Crippen LogP) is 3.57. The van der Waals surface area contributed by atoms with Crippen molar-refractivity contribution in [2.75, 3.05) is 12.4 Å². The first-order chi connectivity index (χ1) is 14.1. The first kappa shape index (κ1) is 17.0. The third-order valence-electron chi connectivity index (χ3n) is 4.51. The smallest absolute Gasteiger partial charge is 0.324 e. The number of nitrogens with zero attached hydrogens (tertiary/aromatic N) is 5. The van der Waals surface area contributed by atoms with Crippen molar-refractivity contribution in [1.82, 2.24) is 35.1 Å². The molecule has 0 unspecified atom stereocenters. The number of halogens is 1. The van der Waals surface area contributed by atoms with Gasteiger partial charge in [-0.05, 0) is 19.1 Å². The zero-order chi connectivity index (χ0) is 20.0. The molecule has 10 heteroatoms. The first-order valence-electron chi connectivity index (χ1n) is 8.79. The number of aromatic amines is 2. The summed E-state index contributed by atoms with van der Waals surface area (Å²) >= 11 is 0. The monoisotopic (exact) mass is 390 g/mol. The average Bonchev–Trinajstić information content (AvgIpc) is 3.36. The number of nitrogens with one attached hydrogen (secondary N) is 3. The van der Waals surface area contributed by atoms with E-state index in [1.54, 1.807) is 38.8 Å². The van der Waals surface area contributed by atoms with Gasteiger partial charge in [-0.2, -0.15) is 15.1 Å². The highest BCUT2D eigenvalue weighted by Crippen LogP contribution is 2.37. The molecule has 29 heavy (non-hydrogen) atoms. The van der Waals surface area contributed by atoms with Crippen LogP contribution in [0.15, 0.2) is 36.9 Å². The van der Waals surface area contributed by atoms with Gasteiger partial charge in [0.2, 0.25) is 0 Å². The minimum atomic E-state index is -0.363. The van der Waals surface area contributed by atoms with E-state index in [0.717, 1.165) is 11.1 Å². The summed E-state index contributed by atoms with van der Waals surface area (Å²) in [6.07, 6.45) is 6.44.